The van der Waals surface area contributed by atoms with E-state index in [1.54, 1.807) is 0 Å². The Morgan fingerprint density at radius 3 is 3.13 bits per heavy atom. The molecule has 1 saturated heterocycles. The largest absolute Gasteiger partial charge is 0.491 e. The predicted octanol–water partition coefficient (Wildman–Crippen LogP) is 2.63. The lowest BCUT2D eigenvalue weighted by atomic mass is 10.2. The molecule has 1 aliphatic rings. The van der Waals surface area contributed by atoms with E-state index in [0.29, 0.717) is 26.3 Å². The maximum absolute atomic E-state index is 12.3. The summed E-state index contributed by atoms with van der Waals surface area (Å²) in [5, 5.41) is 0. The number of hydrogen-bond acceptors (Lipinski definition) is 3. The molecule has 0 spiro atoms. The van der Waals surface area contributed by atoms with E-state index < -0.39 is 0 Å². The van der Waals surface area contributed by atoms with Crippen molar-refractivity contribution in [2.45, 2.75) is 26.4 Å². The SMILES string of the molecule is C#Cc1cccc(OCC2CN(C(=O)/C(C)=C/CC)CCO2)c1. The lowest BCUT2D eigenvalue weighted by Crippen LogP contribution is -2.47. The van der Waals surface area contributed by atoms with Gasteiger partial charge in [-0.3, -0.25) is 4.79 Å². The molecule has 0 radical (unpaired) electrons. The smallest absolute Gasteiger partial charge is 0.249 e. The van der Waals surface area contributed by atoms with E-state index in [4.69, 9.17) is 15.9 Å². The van der Waals surface area contributed by atoms with Gasteiger partial charge < -0.3 is 14.4 Å². The van der Waals surface area contributed by atoms with Crippen molar-refractivity contribution in [2.75, 3.05) is 26.3 Å². The standard InChI is InChI=1S/C19H23NO3/c1-4-7-15(3)19(21)20-10-11-22-18(13-20)14-23-17-9-6-8-16(5-2)12-17/h2,6-9,12,18H,4,10-11,13-14H2,1,3H3/b15-7+. The molecule has 122 valence electrons. The summed E-state index contributed by atoms with van der Waals surface area (Å²) in [6.07, 6.45) is 8.07. The summed E-state index contributed by atoms with van der Waals surface area (Å²) in [6.45, 7) is 5.98. The number of ether oxygens (including phenoxy) is 2. The first-order chi connectivity index (χ1) is 11.1. The first-order valence-electron chi connectivity index (χ1n) is 7.91. The van der Waals surface area contributed by atoms with Crippen LogP contribution in [-0.4, -0.2) is 43.2 Å². The van der Waals surface area contributed by atoms with Crippen LogP contribution in [0, 0.1) is 12.3 Å². The van der Waals surface area contributed by atoms with Gasteiger partial charge in [0, 0.05) is 17.7 Å². The van der Waals surface area contributed by atoms with Gasteiger partial charge in [0.25, 0.3) is 0 Å². The number of benzene rings is 1. The van der Waals surface area contributed by atoms with Crippen molar-refractivity contribution in [1.29, 1.82) is 0 Å². The van der Waals surface area contributed by atoms with E-state index >= 15 is 0 Å². The zero-order valence-corrected chi connectivity index (χ0v) is 13.7. The Morgan fingerprint density at radius 1 is 1.57 bits per heavy atom. The number of carbonyl (C=O) groups is 1. The van der Waals surface area contributed by atoms with Crippen LogP contribution in [0.3, 0.4) is 0 Å². The zero-order chi connectivity index (χ0) is 16.7. The molecule has 1 aromatic rings. The summed E-state index contributed by atoms with van der Waals surface area (Å²) >= 11 is 0. The van der Waals surface area contributed by atoms with Crippen LogP contribution >= 0.6 is 0 Å². The topological polar surface area (TPSA) is 38.8 Å². The zero-order valence-electron chi connectivity index (χ0n) is 13.7. The van der Waals surface area contributed by atoms with Crippen molar-refractivity contribution in [3.8, 4) is 18.1 Å². The number of amides is 1. The fourth-order valence-electron chi connectivity index (χ4n) is 2.51. The molecule has 1 atom stereocenters. The van der Waals surface area contributed by atoms with Crippen molar-refractivity contribution in [3.05, 3.63) is 41.5 Å². The number of allylic oxidation sites excluding steroid dienone is 1. The number of hydrogen-bond donors (Lipinski definition) is 0. The number of carbonyl (C=O) groups excluding carboxylic acids is 1. The van der Waals surface area contributed by atoms with Crippen LogP contribution in [0.25, 0.3) is 0 Å². The molecule has 0 N–H and O–H groups in total. The van der Waals surface area contributed by atoms with Crippen LogP contribution in [0.4, 0.5) is 0 Å². The van der Waals surface area contributed by atoms with Gasteiger partial charge in [0.05, 0.1) is 13.2 Å². The fourth-order valence-corrected chi connectivity index (χ4v) is 2.51. The minimum absolute atomic E-state index is 0.0782. The van der Waals surface area contributed by atoms with Crippen molar-refractivity contribution in [3.63, 3.8) is 0 Å². The summed E-state index contributed by atoms with van der Waals surface area (Å²) in [4.78, 5) is 14.2. The van der Waals surface area contributed by atoms with Crippen LogP contribution in [0.2, 0.25) is 0 Å². The summed E-state index contributed by atoms with van der Waals surface area (Å²) in [7, 11) is 0. The fraction of sp³-hybridized carbons (Fsp3) is 0.421. The van der Waals surface area contributed by atoms with Crippen LogP contribution in [0.1, 0.15) is 25.8 Å². The molecule has 0 bridgehead atoms. The Morgan fingerprint density at radius 2 is 2.39 bits per heavy atom. The molecule has 4 heteroatoms. The summed E-state index contributed by atoms with van der Waals surface area (Å²) in [6, 6.07) is 7.40. The van der Waals surface area contributed by atoms with Crippen molar-refractivity contribution >= 4 is 5.91 Å². The van der Waals surface area contributed by atoms with Gasteiger partial charge >= 0.3 is 0 Å². The Bertz CT molecular complexity index is 615. The molecule has 0 aliphatic carbocycles. The van der Waals surface area contributed by atoms with Crippen LogP contribution < -0.4 is 4.74 Å². The average molecular weight is 313 g/mol. The molecule has 4 nitrogen and oxygen atoms in total. The van der Waals surface area contributed by atoms with E-state index in [2.05, 4.69) is 5.92 Å². The van der Waals surface area contributed by atoms with E-state index in [1.807, 2.05) is 49.1 Å². The van der Waals surface area contributed by atoms with E-state index in [-0.39, 0.29) is 12.0 Å². The Hall–Kier alpha value is -2.25. The monoisotopic (exact) mass is 313 g/mol. The summed E-state index contributed by atoms with van der Waals surface area (Å²) in [5.74, 6) is 3.38. The minimum atomic E-state index is -0.128. The van der Waals surface area contributed by atoms with Gasteiger partial charge in [-0.05, 0) is 31.5 Å². The highest BCUT2D eigenvalue weighted by atomic mass is 16.5. The third-order valence-corrected chi connectivity index (χ3v) is 3.71. The first kappa shape index (κ1) is 17.1. The second-order valence-electron chi connectivity index (χ2n) is 5.52. The highest BCUT2D eigenvalue weighted by molar-refractivity contribution is 5.92. The molecule has 23 heavy (non-hydrogen) atoms. The second-order valence-corrected chi connectivity index (χ2v) is 5.52. The lowest BCUT2D eigenvalue weighted by Gasteiger charge is -2.33. The normalized spacial score (nSPS) is 18.4. The van der Waals surface area contributed by atoms with Gasteiger partial charge in [-0.15, -0.1) is 6.42 Å². The lowest BCUT2D eigenvalue weighted by molar-refractivity contribution is -0.135. The Labute approximate surface area is 138 Å². The number of rotatable bonds is 5. The Balaban J connectivity index is 1.90. The van der Waals surface area contributed by atoms with E-state index in [9.17, 15) is 4.79 Å². The van der Waals surface area contributed by atoms with E-state index in [1.165, 1.54) is 0 Å². The summed E-state index contributed by atoms with van der Waals surface area (Å²) < 4.78 is 11.4. The molecule has 1 aromatic carbocycles. The molecule has 1 fully saturated rings. The maximum Gasteiger partial charge on any atom is 0.249 e. The van der Waals surface area contributed by atoms with Gasteiger partial charge in [0.15, 0.2) is 0 Å². The predicted molar refractivity (Wildman–Crippen MR) is 90.2 cm³/mol. The third kappa shape index (κ3) is 4.87. The highest BCUT2D eigenvalue weighted by Gasteiger charge is 2.25. The van der Waals surface area contributed by atoms with Crippen LogP contribution in [0.5, 0.6) is 5.75 Å². The molecule has 1 amide bonds. The molecular formula is C19H23NO3. The highest BCUT2D eigenvalue weighted by Crippen LogP contribution is 2.15. The van der Waals surface area contributed by atoms with Gasteiger partial charge in [-0.1, -0.05) is 25.0 Å². The molecule has 1 heterocycles. The molecule has 2 rings (SSSR count). The number of morpholine rings is 1. The molecule has 1 unspecified atom stereocenters. The molecular weight excluding hydrogens is 290 g/mol. The van der Waals surface area contributed by atoms with Crippen LogP contribution in [0.15, 0.2) is 35.9 Å². The molecule has 0 aromatic heterocycles. The average Bonchev–Trinajstić information content (AvgIpc) is 2.60. The number of terminal acetylenes is 1. The van der Waals surface area contributed by atoms with Gasteiger partial charge in [0.1, 0.15) is 18.5 Å². The minimum Gasteiger partial charge on any atom is -0.491 e. The van der Waals surface area contributed by atoms with Crippen molar-refractivity contribution in [2.24, 2.45) is 0 Å². The van der Waals surface area contributed by atoms with Crippen molar-refractivity contribution in [1.82, 2.24) is 4.90 Å². The maximum atomic E-state index is 12.3. The van der Waals surface area contributed by atoms with Gasteiger partial charge in [-0.25, -0.2) is 0 Å². The first-order valence-corrected chi connectivity index (χ1v) is 7.91. The molecule has 1 aliphatic heterocycles. The Kier molecular flexibility index (Phi) is 6.25. The summed E-state index contributed by atoms with van der Waals surface area (Å²) in [5.41, 5.74) is 1.57. The third-order valence-electron chi connectivity index (χ3n) is 3.71. The quantitative estimate of drug-likeness (QED) is 0.619. The van der Waals surface area contributed by atoms with E-state index in [0.717, 1.165) is 23.3 Å². The van der Waals surface area contributed by atoms with Crippen LogP contribution in [-0.2, 0) is 9.53 Å². The van der Waals surface area contributed by atoms with Gasteiger partial charge in [0.2, 0.25) is 5.91 Å². The van der Waals surface area contributed by atoms with Gasteiger partial charge in [-0.2, -0.15) is 0 Å². The van der Waals surface area contributed by atoms with Crippen molar-refractivity contribution < 1.29 is 14.3 Å². The second kappa shape index (κ2) is 8.40. The molecule has 0 saturated carbocycles. The number of nitrogens with zero attached hydrogens (tertiary/aromatic N) is 1.